The summed E-state index contributed by atoms with van der Waals surface area (Å²) in [6.07, 6.45) is 3.27. The standard InChI is InChI=1S/C20H23N5O2/c1-2-27-18-6-4-3-5-17(18)25-19(14-24-11-9-21-10-12-24)23-16-13-22-8-7-15(16)20(25)26/h3-8,13,21H,2,9-12,14H2,1H3. The summed E-state index contributed by atoms with van der Waals surface area (Å²) < 4.78 is 7.47. The molecule has 1 N–H and O–H groups in total. The van der Waals surface area contributed by atoms with E-state index in [1.54, 1.807) is 23.0 Å². The van der Waals surface area contributed by atoms with Gasteiger partial charge in [0, 0.05) is 32.4 Å². The molecule has 140 valence electrons. The average molecular weight is 365 g/mol. The van der Waals surface area contributed by atoms with Crippen molar-refractivity contribution in [3.05, 3.63) is 58.9 Å². The monoisotopic (exact) mass is 365 g/mol. The average Bonchev–Trinajstić information content (AvgIpc) is 2.70. The van der Waals surface area contributed by atoms with Gasteiger partial charge in [-0.3, -0.25) is 19.2 Å². The topological polar surface area (TPSA) is 72.3 Å². The molecule has 0 aliphatic carbocycles. The van der Waals surface area contributed by atoms with E-state index in [4.69, 9.17) is 9.72 Å². The zero-order valence-corrected chi connectivity index (χ0v) is 15.4. The van der Waals surface area contributed by atoms with Gasteiger partial charge in [-0.1, -0.05) is 12.1 Å². The Labute approximate surface area is 157 Å². The van der Waals surface area contributed by atoms with Crippen molar-refractivity contribution in [1.29, 1.82) is 0 Å². The molecule has 0 spiro atoms. The van der Waals surface area contributed by atoms with E-state index in [1.165, 1.54) is 0 Å². The minimum absolute atomic E-state index is 0.0975. The first kappa shape index (κ1) is 17.6. The van der Waals surface area contributed by atoms with Gasteiger partial charge >= 0.3 is 0 Å². The largest absolute Gasteiger partial charge is 0.492 e. The number of benzene rings is 1. The molecule has 4 rings (SSSR count). The second kappa shape index (κ2) is 7.85. The molecule has 3 heterocycles. The lowest BCUT2D eigenvalue weighted by atomic mass is 10.2. The van der Waals surface area contributed by atoms with E-state index in [0.717, 1.165) is 31.9 Å². The van der Waals surface area contributed by atoms with E-state index < -0.39 is 0 Å². The lowest BCUT2D eigenvalue weighted by Gasteiger charge is -2.28. The first-order chi connectivity index (χ1) is 13.3. The van der Waals surface area contributed by atoms with Gasteiger partial charge in [0.05, 0.1) is 35.9 Å². The van der Waals surface area contributed by atoms with Crippen molar-refractivity contribution < 1.29 is 4.74 Å². The van der Waals surface area contributed by atoms with E-state index in [2.05, 4.69) is 15.2 Å². The molecular formula is C20H23N5O2. The lowest BCUT2D eigenvalue weighted by molar-refractivity contribution is 0.226. The van der Waals surface area contributed by atoms with Gasteiger partial charge in [0.15, 0.2) is 0 Å². The highest BCUT2D eigenvalue weighted by Crippen LogP contribution is 2.23. The number of hydrogen-bond acceptors (Lipinski definition) is 6. The van der Waals surface area contributed by atoms with Gasteiger partial charge in [-0.05, 0) is 25.1 Å². The smallest absolute Gasteiger partial charge is 0.266 e. The highest BCUT2D eigenvalue weighted by Gasteiger charge is 2.19. The third-order valence-corrected chi connectivity index (χ3v) is 4.72. The number of rotatable bonds is 5. The maximum absolute atomic E-state index is 13.4. The van der Waals surface area contributed by atoms with Crippen LogP contribution >= 0.6 is 0 Å². The van der Waals surface area contributed by atoms with Gasteiger partial charge in [0.2, 0.25) is 0 Å². The highest BCUT2D eigenvalue weighted by molar-refractivity contribution is 5.76. The second-order valence-corrected chi connectivity index (χ2v) is 6.49. The first-order valence-corrected chi connectivity index (χ1v) is 9.29. The normalized spacial score (nSPS) is 15.1. The number of nitrogens with zero attached hydrogens (tertiary/aromatic N) is 4. The molecule has 1 aliphatic heterocycles. The van der Waals surface area contributed by atoms with Crippen molar-refractivity contribution in [1.82, 2.24) is 24.8 Å². The Kier molecular flexibility index (Phi) is 5.13. The highest BCUT2D eigenvalue weighted by atomic mass is 16.5. The summed E-state index contributed by atoms with van der Waals surface area (Å²) in [4.78, 5) is 24.6. The van der Waals surface area contributed by atoms with Gasteiger partial charge in [-0.25, -0.2) is 4.98 Å². The van der Waals surface area contributed by atoms with Crippen LogP contribution < -0.4 is 15.6 Å². The fourth-order valence-electron chi connectivity index (χ4n) is 3.43. The molecule has 2 aromatic heterocycles. The quantitative estimate of drug-likeness (QED) is 0.740. The predicted molar refractivity (Wildman–Crippen MR) is 104 cm³/mol. The molecule has 0 saturated carbocycles. The fraction of sp³-hybridized carbons (Fsp3) is 0.350. The van der Waals surface area contributed by atoms with Crippen molar-refractivity contribution in [2.75, 3.05) is 32.8 Å². The summed E-state index contributed by atoms with van der Waals surface area (Å²) in [7, 11) is 0. The number of nitrogens with one attached hydrogen (secondary N) is 1. The van der Waals surface area contributed by atoms with E-state index >= 15 is 0 Å². The Balaban J connectivity index is 1.90. The van der Waals surface area contributed by atoms with Gasteiger partial charge in [-0.15, -0.1) is 0 Å². The van der Waals surface area contributed by atoms with Crippen LogP contribution in [0.4, 0.5) is 0 Å². The molecule has 1 aliphatic rings. The number of fused-ring (bicyclic) bond motifs is 1. The number of piperazine rings is 1. The molecule has 7 nitrogen and oxygen atoms in total. The maximum Gasteiger partial charge on any atom is 0.266 e. The summed E-state index contributed by atoms with van der Waals surface area (Å²) in [6.45, 7) is 6.80. The van der Waals surface area contributed by atoms with E-state index in [-0.39, 0.29) is 5.56 Å². The van der Waals surface area contributed by atoms with Crippen molar-refractivity contribution >= 4 is 10.9 Å². The van der Waals surface area contributed by atoms with Crippen LogP contribution in [-0.2, 0) is 6.54 Å². The predicted octanol–water partition coefficient (Wildman–Crippen LogP) is 1.58. The SMILES string of the molecule is CCOc1ccccc1-n1c(CN2CCNCC2)nc2cnccc2c1=O. The number of pyridine rings is 1. The van der Waals surface area contributed by atoms with Gasteiger partial charge < -0.3 is 10.1 Å². The van der Waals surface area contributed by atoms with Gasteiger partial charge in [0.25, 0.3) is 5.56 Å². The second-order valence-electron chi connectivity index (χ2n) is 6.49. The Morgan fingerprint density at radius 3 is 2.81 bits per heavy atom. The summed E-state index contributed by atoms with van der Waals surface area (Å²) in [5.41, 5.74) is 1.25. The molecule has 1 aromatic carbocycles. The van der Waals surface area contributed by atoms with Crippen LogP contribution in [0.3, 0.4) is 0 Å². The van der Waals surface area contributed by atoms with Crippen molar-refractivity contribution in [3.8, 4) is 11.4 Å². The number of aromatic nitrogens is 3. The zero-order chi connectivity index (χ0) is 18.6. The van der Waals surface area contributed by atoms with Crippen LogP contribution in [0.15, 0.2) is 47.5 Å². The molecule has 3 aromatic rings. The molecule has 0 bridgehead atoms. The Bertz CT molecular complexity index is 995. The third-order valence-electron chi connectivity index (χ3n) is 4.72. The Morgan fingerprint density at radius 2 is 2.00 bits per heavy atom. The minimum Gasteiger partial charge on any atom is -0.492 e. The van der Waals surface area contributed by atoms with E-state index in [9.17, 15) is 4.79 Å². The van der Waals surface area contributed by atoms with Gasteiger partial charge in [-0.2, -0.15) is 0 Å². The molecule has 0 atom stereocenters. The number of hydrogen-bond donors (Lipinski definition) is 1. The van der Waals surface area contributed by atoms with Crippen LogP contribution in [0.25, 0.3) is 16.6 Å². The Hall–Kier alpha value is -2.77. The van der Waals surface area contributed by atoms with Gasteiger partial charge in [0.1, 0.15) is 11.6 Å². The molecule has 27 heavy (non-hydrogen) atoms. The third kappa shape index (κ3) is 3.56. The van der Waals surface area contributed by atoms with Crippen LogP contribution in [0.1, 0.15) is 12.7 Å². The number of ether oxygens (including phenoxy) is 1. The molecule has 1 fully saturated rings. The number of para-hydroxylation sites is 2. The molecule has 0 radical (unpaired) electrons. The zero-order valence-electron chi connectivity index (χ0n) is 15.4. The summed E-state index contributed by atoms with van der Waals surface area (Å²) >= 11 is 0. The molecule has 1 saturated heterocycles. The molecule has 7 heteroatoms. The first-order valence-electron chi connectivity index (χ1n) is 9.29. The van der Waals surface area contributed by atoms with E-state index in [1.807, 2.05) is 31.2 Å². The van der Waals surface area contributed by atoms with Crippen LogP contribution in [-0.4, -0.2) is 52.2 Å². The minimum atomic E-state index is -0.0975. The summed E-state index contributed by atoms with van der Waals surface area (Å²) in [5, 5.41) is 3.91. The Morgan fingerprint density at radius 1 is 1.19 bits per heavy atom. The van der Waals surface area contributed by atoms with Crippen LogP contribution in [0.5, 0.6) is 5.75 Å². The van der Waals surface area contributed by atoms with Crippen molar-refractivity contribution in [3.63, 3.8) is 0 Å². The lowest BCUT2D eigenvalue weighted by Crippen LogP contribution is -2.44. The fourth-order valence-corrected chi connectivity index (χ4v) is 3.43. The van der Waals surface area contributed by atoms with E-state index in [0.29, 0.717) is 35.6 Å². The van der Waals surface area contributed by atoms with Crippen LogP contribution in [0.2, 0.25) is 0 Å². The van der Waals surface area contributed by atoms with Crippen LogP contribution in [0, 0.1) is 0 Å². The van der Waals surface area contributed by atoms with Crippen molar-refractivity contribution in [2.45, 2.75) is 13.5 Å². The molecule has 0 amide bonds. The van der Waals surface area contributed by atoms with Crippen molar-refractivity contribution in [2.24, 2.45) is 0 Å². The summed E-state index contributed by atoms with van der Waals surface area (Å²) in [5.74, 6) is 1.38. The molecule has 0 unspecified atom stereocenters. The molecular weight excluding hydrogens is 342 g/mol. The summed E-state index contributed by atoms with van der Waals surface area (Å²) in [6, 6.07) is 9.33. The maximum atomic E-state index is 13.4.